The normalized spacial score (nSPS) is 16.2. The molecule has 1 fully saturated rings. The number of carbonyl (C=O) groups excluding carboxylic acids is 1. The molecule has 2 aliphatic heterocycles. The predicted molar refractivity (Wildman–Crippen MR) is 128 cm³/mol. The number of likely N-dealkylation sites (tertiary alicyclic amines) is 1. The van der Waals surface area contributed by atoms with Crippen molar-refractivity contribution in [2.24, 2.45) is 10.9 Å². The Morgan fingerprint density at radius 2 is 1.71 bits per heavy atom. The highest BCUT2D eigenvalue weighted by molar-refractivity contribution is 7.99. The first-order chi connectivity index (χ1) is 15.2. The number of carbonyl (C=O) groups is 1. The Kier molecular flexibility index (Phi) is 5.65. The van der Waals surface area contributed by atoms with Crippen molar-refractivity contribution in [2.75, 3.05) is 13.1 Å². The Morgan fingerprint density at radius 1 is 0.968 bits per heavy atom. The van der Waals surface area contributed by atoms with E-state index in [-0.39, 0.29) is 5.91 Å². The second-order valence-electron chi connectivity index (χ2n) is 8.40. The smallest absolute Gasteiger partial charge is 0.253 e. The van der Waals surface area contributed by atoms with Gasteiger partial charge in [-0.25, -0.2) is 0 Å². The van der Waals surface area contributed by atoms with Gasteiger partial charge in [0.25, 0.3) is 5.91 Å². The standard InChI is InChI=1S/C27H26N2OS/c1-19-23-9-5-6-10-25(23)31-26-12-11-22(18-24(26)28-19)27(30)29-15-13-21(14-16-29)17-20-7-3-2-4-8-20/h2-12,18,21H,13-17H2,1H3. The van der Waals surface area contributed by atoms with Gasteiger partial charge in [0.05, 0.1) is 5.69 Å². The SMILES string of the molecule is CC1=Nc2cc(C(=O)N3CCC(Cc4ccccc4)CC3)ccc2Sc2ccccc21. The van der Waals surface area contributed by atoms with Crippen LogP contribution in [0, 0.1) is 5.92 Å². The molecule has 1 amide bonds. The molecule has 156 valence electrons. The Labute approximate surface area is 188 Å². The maximum atomic E-state index is 13.2. The fourth-order valence-corrected chi connectivity index (χ4v) is 5.56. The number of rotatable bonds is 3. The van der Waals surface area contributed by atoms with E-state index in [2.05, 4.69) is 48.5 Å². The predicted octanol–water partition coefficient (Wildman–Crippen LogP) is 6.39. The van der Waals surface area contributed by atoms with E-state index < -0.39 is 0 Å². The lowest BCUT2D eigenvalue weighted by molar-refractivity contribution is 0.0690. The first kappa shape index (κ1) is 20.1. The zero-order chi connectivity index (χ0) is 21.2. The van der Waals surface area contributed by atoms with Gasteiger partial charge in [0.15, 0.2) is 0 Å². The molecule has 3 aromatic rings. The maximum absolute atomic E-state index is 13.2. The van der Waals surface area contributed by atoms with E-state index in [0.29, 0.717) is 5.92 Å². The summed E-state index contributed by atoms with van der Waals surface area (Å²) >= 11 is 1.72. The molecule has 0 N–H and O–H groups in total. The van der Waals surface area contributed by atoms with Gasteiger partial charge in [-0.05, 0) is 61.9 Å². The average molecular weight is 427 g/mol. The van der Waals surface area contributed by atoms with Crippen LogP contribution in [0.15, 0.2) is 87.6 Å². The van der Waals surface area contributed by atoms with E-state index in [1.807, 2.05) is 36.1 Å². The lowest BCUT2D eigenvalue weighted by atomic mass is 9.90. The first-order valence-corrected chi connectivity index (χ1v) is 11.8. The third-order valence-corrected chi connectivity index (χ3v) is 7.40. The first-order valence-electron chi connectivity index (χ1n) is 11.0. The van der Waals surface area contributed by atoms with Crippen molar-refractivity contribution >= 4 is 29.1 Å². The van der Waals surface area contributed by atoms with Crippen molar-refractivity contribution < 1.29 is 4.79 Å². The molecule has 3 aromatic carbocycles. The van der Waals surface area contributed by atoms with Gasteiger partial charge in [0, 0.05) is 39.7 Å². The number of hydrogen-bond donors (Lipinski definition) is 0. The van der Waals surface area contributed by atoms with Gasteiger partial charge in [-0.2, -0.15) is 0 Å². The van der Waals surface area contributed by atoms with Gasteiger partial charge in [-0.1, -0.05) is 60.3 Å². The number of piperidine rings is 1. The minimum absolute atomic E-state index is 0.126. The molecule has 0 bridgehead atoms. The Hall–Kier alpha value is -2.85. The molecular weight excluding hydrogens is 400 g/mol. The highest BCUT2D eigenvalue weighted by Gasteiger charge is 2.25. The number of nitrogens with zero attached hydrogens (tertiary/aromatic N) is 2. The lowest BCUT2D eigenvalue weighted by Gasteiger charge is -2.32. The molecule has 31 heavy (non-hydrogen) atoms. The van der Waals surface area contributed by atoms with Crippen LogP contribution in [0.25, 0.3) is 0 Å². The van der Waals surface area contributed by atoms with Crippen LogP contribution in [0.5, 0.6) is 0 Å². The van der Waals surface area contributed by atoms with Crippen LogP contribution in [-0.2, 0) is 6.42 Å². The van der Waals surface area contributed by atoms with Gasteiger partial charge in [-0.15, -0.1) is 0 Å². The van der Waals surface area contributed by atoms with Crippen LogP contribution < -0.4 is 0 Å². The fraction of sp³-hybridized carbons (Fsp3) is 0.259. The van der Waals surface area contributed by atoms with E-state index >= 15 is 0 Å². The molecule has 1 saturated heterocycles. The molecule has 4 heteroatoms. The van der Waals surface area contributed by atoms with Crippen LogP contribution in [-0.4, -0.2) is 29.6 Å². The zero-order valence-electron chi connectivity index (χ0n) is 17.8. The fourth-order valence-electron chi connectivity index (χ4n) is 4.51. The van der Waals surface area contributed by atoms with Crippen LogP contribution in [0.4, 0.5) is 5.69 Å². The second kappa shape index (κ2) is 8.72. The van der Waals surface area contributed by atoms with Crippen molar-refractivity contribution in [2.45, 2.75) is 36.0 Å². The molecular formula is C27H26N2OS. The molecule has 0 radical (unpaired) electrons. The number of hydrogen-bond acceptors (Lipinski definition) is 3. The van der Waals surface area contributed by atoms with E-state index in [1.54, 1.807) is 11.8 Å². The Balaban J connectivity index is 1.29. The van der Waals surface area contributed by atoms with E-state index in [1.165, 1.54) is 10.5 Å². The molecule has 5 rings (SSSR count). The molecule has 2 heterocycles. The molecule has 3 nitrogen and oxygen atoms in total. The summed E-state index contributed by atoms with van der Waals surface area (Å²) in [6.07, 6.45) is 3.23. The van der Waals surface area contributed by atoms with Gasteiger partial charge < -0.3 is 4.90 Å². The Bertz CT molecular complexity index is 1130. The number of benzene rings is 3. The Morgan fingerprint density at radius 3 is 2.52 bits per heavy atom. The summed E-state index contributed by atoms with van der Waals surface area (Å²) in [5.41, 5.74) is 5.18. The van der Waals surface area contributed by atoms with Crippen molar-refractivity contribution in [3.05, 3.63) is 89.5 Å². The summed E-state index contributed by atoms with van der Waals surface area (Å²) in [5.74, 6) is 0.779. The summed E-state index contributed by atoms with van der Waals surface area (Å²) in [4.78, 5) is 22.4. The van der Waals surface area contributed by atoms with Crippen LogP contribution in [0.1, 0.15) is 41.3 Å². The molecule has 0 saturated carbocycles. The van der Waals surface area contributed by atoms with Crippen LogP contribution >= 0.6 is 11.8 Å². The highest BCUT2D eigenvalue weighted by atomic mass is 32.2. The third kappa shape index (κ3) is 4.31. The summed E-state index contributed by atoms with van der Waals surface area (Å²) in [6.45, 7) is 3.70. The molecule has 0 aromatic heterocycles. The van der Waals surface area contributed by atoms with Crippen molar-refractivity contribution in [3.63, 3.8) is 0 Å². The molecule has 0 unspecified atom stereocenters. The molecule has 2 aliphatic rings. The summed E-state index contributed by atoms with van der Waals surface area (Å²) in [5, 5.41) is 0. The number of amides is 1. The topological polar surface area (TPSA) is 32.7 Å². The summed E-state index contributed by atoms with van der Waals surface area (Å²) in [6, 6.07) is 25.0. The molecule has 0 atom stereocenters. The van der Waals surface area contributed by atoms with Gasteiger partial charge >= 0.3 is 0 Å². The average Bonchev–Trinajstić information content (AvgIpc) is 2.95. The van der Waals surface area contributed by atoms with Gasteiger partial charge in [-0.3, -0.25) is 9.79 Å². The van der Waals surface area contributed by atoms with E-state index in [9.17, 15) is 4.79 Å². The maximum Gasteiger partial charge on any atom is 0.253 e. The number of fused-ring (bicyclic) bond motifs is 2. The minimum Gasteiger partial charge on any atom is -0.339 e. The van der Waals surface area contributed by atoms with Crippen molar-refractivity contribution in [1.82, 2.24) is 4.90 Å². The van der Waals surface area contributed by atoms with Crippen LogP contribution in [0.2, 0.25) is 0 Å². The zero-order valence-corrected chi connectivity index (χ0v) is 18.6. The molecule has 0 aliphatic carbocycles. The summed E-state index contributed by atoms with van der Waals surface area (Å²) in [7, 11) is 0. The lowest BCUT2D eigenvalue weighted by Crippen LogP contribution is -2.38. The van der Waals surface area contributed by atoms with Crippen molar-refractivity contribution in [1.29, 1.82) is 0 Å². The highest BCUT2D eigenvalue weighted by Crippen LogP contribution is 2.40. The largest absolute Gasteiger partial charge is 0.339 e. The summed E-state index contributed by atoms with van der Waals surface area (Å²) < 4.78 is 0. The van der Waals surface area contributed by atoms with E-state index in [4.69, 9.17) is 4.99 Å². The molecule has 0 spiro atoms. The minimum atomic E-state index is 0.126. The van der Waals surface area contributed by atoms with Crippen molar-refractivity contribution in [3.8, 4) is 0 Å². The quantitative estimate of drug-likeness (QED) is 0.486. The monoisotopic (exact) mass is 426 g/mol. The third-order valence-electron chi connectivity index (χ3n) is 6.26. The number of aliphatic imine (C=N–C) groups is 1. The van der Waals surface area contributed by atoms with Gasteiger partial charge in [0.1, 0.15) is 0 Å². The van der Waals surface area contributed by atoms with Crippen LogP contribution in [0.3, 0.4) is 0 Å². The second-order valence-corrected chi connectivity index (χ2v) is 9.49. The van der Waals surface area contributed by atoms with E-state index in [0.717, 1.165) is 59.8 Å². The van der Waals surface area contributed by atoms with Gasteiger partial charge in [0.2, 0.25) is 0 Å².